The van der Waals surface area contributed by atoms with Gasteiger partial charge < -0.3 is 5.73 Å². The Morgan fingerprint density at radius 2 is 2.10 bits per heavy atom. The zero-order valence-electron chi connectivity index (χ0n) is 11.5. The molecule has 1 rings (SSSR count). The maximum Gasteiger partial charge on any atom is 0.240 e. The fourth-order valence-corrected chi connectivity index (χ4v) is 3.43. The summed E-state index contributed by atoms with van der Waals surface area (Å²) in [6.45, 7) is 3.53. The van der Waals surface area contributed by atoms with Crippen LogP contribution in [0.3, 0.4) is 0 Å². The molecule has 2 unspecified atom stereocenters. The van der Waals surface area contributed by atoms with Gasteiger partial charge in [0, 0.05) is 34.4 Å². The first-order valence-electron chi connectivity index (χ1n) is 5.87. The second-order valence-electron chi connectivity index (χ2n) is 4.51. The Morgan fingerprint density at radius 3 is 2.55 bits per heavy atom. The Bertz CT molecular complexity index is 641. The van der Waals surface area contributed by atoms with Crippen LogP contribution in [0.5, 0.6) is 0 Å². The summed E-state index contributed by atoms with van der Waals surface area (Å²) < 4.78 is 38.1. The summed E-state index contributed by atoms with van der Waals surface area (Å²) in [5.74, 6) is 0. The first-order chi connectivity index (χ1) is 9.15. The lowest BCUT2D eigenvalue weighted by atomic mass is 10.1. The predicted octanol–water partition coefficient (Wildman–Crippen LogP) is 0.675. The Morgan fingerprint density at radius 1 is 1.50 bits per heavy atom. The molecule has 20 heavy (non-hydrogen) atoms. The molecule has 2 atom stereocenters. The van der Waals surface area contributed by atoms with Gasteiger partial charge in [-0.2, -0.15) is 0 Å². The highest BCUT2D eigenvalue weighted by Gasteiger charge is 2.19. The van der Waals surface area contributed by atoms with Crippen LogP contribution in [0, 0.1) is 6.92 Å². The molecule has 0 heterocycles. The maximum atomic E-state index is 12.2. The van der Waals surface area contributed by atoms with Gasteiger partial charge in [-0.05, 0) is 31.5 Å². The van der Waals surface area contributed by atoms with E-state index < -0.39 is 20.8 Å². The van der Waals surface area contributed by atoms with E-state index in [0.29, 0.717) is 11.1 Å². The molecule has 0 aliphatic carbocycles. The lowest BCUT2D eigenvalue weighted by Crippen LogP contribution is -2.33. The number of rotatable bonds is 6. The molecule has 0 fully saturated rings. The number of sulfonamides is 1. The van der Waals surface area contributed by atoms with Crippen LogP contribution in [0.1, 0.15) is 18.1 Å². The highest BCUT2D eigenvalue weighted by atomic mass is 32.2. The summed E-state index contributed by atoms with van der Waals surface area (Å²) >= 11 is 4.85. The first kappa shape index (κ1) is 17.2. The molecule has 0 spiro atoms. The van der Waals surface area contributed by atoms with E-state index in [-0.39, 0.29) is 21.7 Å². The molecule has 0 saturated heterocycles. The highest BCUT2D eigenvalue weighted by Crippen LogP contribution is 2.16. The van der Waals surface area contributed by atoms with Gasteiger partial charge in [0.05, 0.1) is 4.90 Å². The summed E-state index contributed by atoms with van der Waals surface area (Å²) in [6.07, 6.45) is 1.54. The smallest absolute Gasteiger partial charge is 0.240 e. The van der Waals surface area contributed by atoms with Crippen LogP contribution in [-0.2, 0) is 20.8 Å². The summed E-state index contributed by atoms with van der Waals surface area (Å²) in [6, 6.07) is 4.68. The van der Waals surface area contributed by atoms with Gasteiger partial charge >= 0.3 is 0 Å². The van der Waals surface area contributed by atoms with Crippen LogP contribution >= 0.6 is 12.2 Å². The van der Waals surface area contributed by atoms with Gasteiger partial charge in [-0.1, -0.05) is 18.3 Å². The van der Waals surface area contributed by atoms with Crippen molar-refractivity contribution < 1.29 is 12.6 Å². The Hall–Kier alpha value is -0.830. The molecule has 1 aromatic carbocycles. The van der Waals surface area contributed by atoms with Gasteiger partial charge in [-0.15, -0.1) is 0 Å². The Balaban J connectivity index is 2.99. The molecule has 3 N–H and O–H groups in total. The second-order valence-corrected chi connectivity index (χ2v) is 8.48. The molecule has 8 heteroatoms. The third kappa shape index (κ3) is 4.34. The molecule has 0 aliphatic rings. The molecular formula is C12H18N2O3S3. The van der Waals surface area contributed by atoms with Crippen LogP contribution < -0.4 is 10.5 Å². The van der Waals surface area contributed by atoms with Crippen molar-refractivity contribution in [3.63, 3.8) is 0 Å². The van der Waals surface area contributed by atoms with Crippen molar-refractivity contribution in [1.82, 2.24) is 4.72 Å². The third-order valence-electron chi connectivity index (χ3n) is 2.88. The van der Waals surface area contributed by atoms with E-state index in [1.807, 2.05) is 0 Å². The average molecular weight is 334 g/mol. The van der Waals surface area contributed by atoms with Crippen molar-refractivity contribution in [2.24, 2.45) is 5.73 Å². The maximum absolute atomic E-state index is 12.2. The van der Waals surface area contributed by atoms with Crippen molar-refractivity contribution in [1.29, 1.82) is 0 Å². The predicted molar refractivity (Wildman–Crippen MR) is 85.8 cm³/mol. The molecule has 0 bridgehead atoms. The van der Waals surface area contributed by atoms with Gasteiger partial charge in [-0.3, -0.25) is 4.21 Å². The second kappa shape index (κ2) is 6.75. The Labute approximate surface area is 127 Å². The van der Waals surface area contributed by atoms with E-state index >= 15 is 0 Å². The molecule has 0 radical (unpaired) electrons. The molecule has 1 aromatic rings. The third-order valence-corrected chi connectivity index (χ3v) is 6.00. The van der Waals surface area contributed by atoms with Crippen LogP contribution in [-0.4, -0.2) is 35.7 Å². The number of nitrogens with one attached hydrogen (secondary N) is 1. The number of nitrogens with two attached hydrogens (primary N) is 1. The average Bonchev–Trinajstić information content (AvgIpc) is 2.35. The fourth-order valence-electron chi connectivity index (χ4n) is 1.53. The van der Waals surface area contributed by atoms with Crippen LogP contribution in [0.2, 0.25) is 0 Å². The monoisotopic (exact) mass is 334 g/mol. The van der Waals surface area contributed by atoms with Crippen molar-refractivity contribution in [3.05, 3.63) is 29.3 Å². The molecule has 5 nitrogen and oxygen atoms in total. The topological polar surface area (TPSA) is 89.3 Å². The van der Waals surface area contributed by atoms with Gasteiger partial charge in [0.2, 0.25) is 10.0 Å². The minimum Gasteiger partial charge on any atom is -0.389 e. The number of thiocarbonyl (C=S) groups is 1. The lowest BCUT2D eigenvalue weighted by molar-refractivity contribution is 0.580. The number of hydrogen-bond acceptors (Lipinski definition) is 4. The van der Waals surface area contributed by atoms with E-state index in [2.05, 4.69) is 4.72 Å². The van der Waals surface area contributed by atoms with Crippen molar-refractivity contribution in [3.8, 4) is 0 Å². The van der Waals surface area contributed by atoms with Crippen molar-refractivity contribution >= 4 is 38.0 Å². The summed E-state index contributed by atoms with van der Waals surface area (Å²) in [5.41, 5.74) is 6.69. The minimum atomic E-state index is -3.63. The SMILES string of the molecule is Cc1cc(C(N)=S)ccc1S(=O)(=O)NCC(C)S(C)=O. The van der Waals surface area contributed by atoms with Crippen LogP contribution in [0.25, 0.3) is 0 Å². The molecule has 0 amide bonds. The molecule has 112 valence electrons. The normalized spacial score (nSPS) is 14.8. The van der Waals surface area contributed by atoms with Gasteiger partial charge in [0.1, 0.15) is 4.99 Å². The largest absolute Gasteiger partial charge is 0.389 e. The van der Waals surface area contributed by atoms with Crippen molar-refractivity contribution in [2.75, 3.05) is 12.8 Å². The quantitative estimate of drug-likeness (QED) is 0.747. The molecular weight excluding hydrogens is 316 g/mol. The van der Waals surface area contributed by atoms with Gasteiger partial charge in [-0.25, -0.2) is 13.1 Å². The molecule has 0 aromatic heterocycles. The fraction of sp³-hybridized carbons (Fsp3) is 0.417. The van der Waals surface area contributed by atoms with E-state index in [0.717, 1.165) is 0 Å². The zero-order valence-corrected chi connectivity index (χ0v) is 14.0. The first-order valence-corrected chi connectivity index (χ1v) is 9.38. The van der Waals surface area contributed by atoms with E-state index in [9.17, 15) is 12.6 Å². The van der Waals surface area contributed by atoms with Crippen LogP contribution in [0.4, 0.5) is 0 Å². The van der Waals surface area contributed by atoms with Crippen molar-refractivity contribution in [2.45, 2.75) is 24.0 Å². The molecule has 0 saturated carbocycles. The molecule has 0 aliphatic heterocycles. The van der Waals surface area contributed by atoms with Gasteiger partial charge in [0.15, 0.2) is 0 Å². The zero-order chi connectivity index (χ0) is 15.5. The van der Waals surface area contributed by atoms with E-state index in [1.165, 1.54) is 6.07 Å². The summed E-state index contributed by atoms with van der Waals surface area (Å²) in [5, 5.41) is -0.249. The standard InChI is InChI=1S/C12H18N2O3S3/c1-8-6-10(12(13)18)4-5-11(8)20(16,17)14-7-9(2)19(3)15/h4-6,9,14H,7H2,1-3H3,(H2,13,18). The van der Waals surface area contributed by atoms with Gasteiger partial charge in [0.25, 0.3) is 0 Å². The van der Waals surface area contributed by atoms with Crippen LogP contribution in [0.15, 0.2) is 23.1 Å². The number of benzene rings is 1. The minimum absolute atomic E-state index is 0.127. The highest BCUT2D eigenvalue weighted by molar-refractivity contribution is 7.89. The number of aryl methyl sites for hydroxylation is 1. The number of hydrogen-bond donors (Lipinski definition) is 2. The van der Waals surface area contributed by atoms with E-state index in [1.54, 1.807) is 32.2 Å². The van der Waals surface area contributed by atoms with E-state index in [4.69, 9.17) is 18.0 Å². The summed E-state index contributed by atoms with van der Waals surface area (Å²) in [7, 11) is -4.71. The summed E-state index contributed by atoms with van der Waals surface area (Å²) in [4.78, 5) is 0.395. The lowest BCUT2D eigenvalue weighted by Gasteiger charge is -2.13. The Kier molecular flexibility index (Phi) is 5.81.